The number of rotatable bonds is 2. The van der Waals surface area contributed by atoms with Crippen LogP contribution < -0.4 is 0 Å². The third-order valence-corrected chi connectivity index (χ3v) is 3.33. The summed E-state index contributed by atoms with van der Waals surface area (Å²) in [6, 6.07) is 5.39. The summed E-state index contributed by atoms with van der Waals surface area (Å²) in [4.78, 5) is 3.77. The van der Waals surface area contributed by atoms with E-state index in [0.29, 0.717) is 21.7 Å². The quantitative estimate of drug-likeness (QED) is 0.724. The monoisotopic (exact) mass is 298 g/mol. The molecule has 0 fully saturated rings. The SMILES string of the molecule is C=Cc1cc(Cl)c(-n2cc3cncc(F)c3n2)c(C#N)c1. The largest absolute Gasteiger partial charge is 0.261 e. The molecule has 0 N–H and O–H groups in total. The van der Waals surface area contributed by atoms with E-state index in [9.17, 15) is 9.65 Å². The zero-order chi connectivity index (χ0) is 15.0. The van der Waals surface area contributed by atoms with Gasteiger partial charge in [0.15, 0.2) is 5.82 Å². The molecule has 0 aliphatic carbocycles. The molecule has 2 heterocycles. The van der Waals surface area contributed by atoms with Crippen molar-refractivity contribution < 1.29 is 4.39 Å². The molecule has 1 aromatic carbocycles. The van der Waals surface area contributed by atoms with Crippen molar-refractivity contribution in [3.63, 3.8) is 0 Å². The van der Waals surface area contributed by atoms with Crippen LogP contribution in [0.5, 0.6) is 0 Å². The number of nitriles is 1. The standard InChI is InChI=1S/C15H8ClFN4/c1-2-9-3-10(5-18)15(12(16)4-9)21-8-11-6-19-7-13(17)14(11)20-21/h2-4,6-8H,1H2. The molecule has 0 unspecified atom stereocenters. The highest BCUT2D eigenvalue weighted by Gasteiger charge is 2.14. The molecule has 0 aliphatic heterocycles. The van der Waals surface area contributed by atoms with Crippen molar-refractivity contribution in [2.75, 3.05) is 0 Å². The molecule has 3 aromatic rings. The van der Waals surface area contributed by atoms with E-state index in [0.717, 1.165) is 11.8 Å². The molecule has 21 heavy (non-hydrogen) atoms. The fourth-order valence-corrected chi connectivity index (χ4v) is 2.40. The molecule has 0 atom stereocenters. The molecular weight excluding hydrogens is 291 g/mol. The van der Waals surface area contributed by atoms with Crippen LogP contribution in [0.4, 0.5) is 4.39 Å². The zero-order valence-electron chi connectivity index (χ0n) is 10.7. The van der Waals surface area contributed by atoms with Crippen LogP contribution in [0.3, 0.4) is 0 Å². The third kappa shape index (κ3) is 2.16. The van der Waals surface area contributed by atoms with E-state index in [1.807, 2.05) is 0 Å². The van der Waals surface area contributed by atoms with Gasteiger partial charge in [-0.1, -0.05) is 24.3 Å². The van der Waals surface area contributed by atoms with E-state index < -0.39 is 5.82 Å². The van der Waals surface area contributed by atoms with Crippen LogP contribution in [0.25, 0.3) is 22.7 Å². The van der Waals surface area contributed by atoms with E-state index in [1.165, 1.54) is 10.9 Å². The minimum absolute atomic E-state index is 0.178. The van der Waals surface area contributed by atoms with Crippen molar-refractivity contribution in [2.45, 2.75) is 0 Å². The maximum Gasteiger partial charge on any atom is 0.169 e. The van der Waals surface area contributed by atoms with Gasteiger partial charge in [-0.15, -0.1) is 0 Å². The summed E-state index contributed by atoms with van der Waals surface area (Å²) < 4.78 is 15.1. The van der Waals surface area contributed by atoms with Gasteiger partial charge in [-0.05, 0) is 17.7 Å². The van der Waals surface area contributed by atoms with Gasteiger partial charge in [-0.3, -0.25) is 4.98 Å². The Kier molecular flexibility index (Phi) is 3.16. The molecule has 4 nitrogen and oxygen atoms in total. The minimum atomic E-state index is -0.524. The average Bonchev–Trinajstić information content (AvgIpc) is 2.91. The fourth-order valence-electron chi connectivity index (χ4n) is 2.08. The van der Waals surface area contributed by atoms with Gasteiger partial charge in [-0.25, -0.2) is 9.07 Å². The Morgan fingerprint density at radius 3 is 2.86 bits per heavy atom. The van der Waals surface area contributed by atoms with Gasteiger partial charge in [0.25, 0.3) is 0 Å². The summed E-state index contributed by atoms with van der Waals surface area (Å²) in [7, 11) is 0. The Balaban J connectivity index is 2.30. The van der Waals surface area contributed by atoms with Crippen molar-refractivity contribution >= 4 is 28.6 Å². The first-order valence-corrected chi connectivity index (χ1v) is 6.37. The molecule has 0 amide bonds. The topological polar surface area (TPSA) is 54.5 Å². The van der Waals surface area contributed by atoms with Gasteiger partial charge in [-0.2, -0.15) is 10.4 Å². The number of nitrogens with zero attached hydrogens (tertiary/aromatic N) is 4. The third-order valence-electron chi connectivity index (χ3n) is 3.04. The number of hydrogen-bond acceptors (Lipinski definition) is 3. The highest BCUT2D eigenvalue weighted by molar-refractivity contribution is 6.32. The van der Waals surface area contributed by atoms with E-state index in [-0.39, 0.29) is 5.52 Å². The summed E-state index contributed by atoms with van der Waals surface area (Å²) in [5.74, 6) is -0.524. The summed E-state index contributed by atoms with van der Waals surface area (Å²) in [5, 5.41) is 14.3. The van der Waals surface area contributed by atoms with Gasteiger partial charge >= 0.3 is 0 Å². The van der Waals surface area contributed by atoms with Crippen LogP contribution >= 0.6 is 11.6 Å². The molecule has 102 valence electrons. The second-order valence-electron chi connectivity index (χ2n) is 4.35. The Bertz CT molecular complexity index is 908. The van der Waals surface area contributed by atoms with Gasteiger partial charge in [0.05, 0.1) is 16.8 Å². The molecular formula is C15H8ClFN4. The average molecular weight is 299 g/mol. The summed E-state index contributed by atoms with van der Waals surface area (Å²) in [6.07, 6.45) is 5.77. The molecule has 2 aromatic heterocycles. The lowest BCUT2D eigenvalue weighted by atomic mass is 10.1. The van der Waals surface area contributed by atoms with Crippen molar-refractivity contribution in [1.82, 2.24) is 14.8 Å². The number of hydrogen-bond donors (Lipinski definition) is 0. The first-order valence-electron chi connectivity index (χ1n) is 5.99. The van der Waals surface area contributed by atoms with Gasteiger partial charge in [0, 0.05) is 17.8 Å². The van der Waals surface area contributed by atoms with Crippen LogP contribution in [-0.4, -0.2) is 14.8 Å². The summed E-state index contributed by atoms with van der Waals surface area (Å²) in [6.45, 7) is 3.65. The smallest absolute Gasteiger partial charge is 0.169 e. The number of fused-ring (bicyclic) bond motifs is 1. The highest BCUT2D eigenvalue weighted by atomic mass is 35.5. The first-order chi connectivity index (χ1) is 10.1. The predicted octanol–water partition coefficient (Wildman–Crippen LogP) is 3.73. The minimum Gasteiger partial charge on any atom is -0.261 e. The van der Waals surface area contributed by atoms with E-state index in [4.69, 9.17) is 11.6 Å². The molecule has 0 radical (unpaired) electrons. The van der Waals surface area contributed by atoms with E-state index in [1.54, 1.807) is 24.4 Å². The predicted molar refractivity (Wildman–Crippen MR) is 78.6 cm³/mol. The summed E-state index contributed by atoms with van der Waals surface area (Å²) >= 11 is 6.22. The molecule has 0 saturated carbocycles. The normalized spacial score (nSPS) is 10.5. The maximum absolute atomic E-state index is 13.7. The van der Waals surface area contributed by atoms with Crippen LogP contribution in [0.15, 0.2) is 37.3 Å². The van der Waals surface area contributed by atoms with Gasteiger partial charge < -0.3 is 0 Å². The lowest BCUT2D eigenvalue weighted by molar-refractivity contribution is 0.629. The number of aromatic nitrogens is 3. The number of benzene rings is 1. The lowest BCUT2D eigenvalue weighted by Gasteiger charge is -2.08. The fraction of sp³-hybridized carbons (Fsp3) is 0. The number of halogens is 2. The molecule has 0 aliphatic rings. The molecule has 3 rings (SSSR count). The molecule has 0 spiro atoms. The maximum atomic E-state index is 13.7. The van der Waals surface area contributed by atoms with Crippen molar-refractivity contribution in [3.8, 4) is 11.8 Å². The first kappa shape index (κ1) is 13.3. The molecule has 0 bridgehead atoms. The van der Waals surface area contributed by atoms with Crippen molar-refractivity contribution in [1.29, 1.82) is 5.26 Å². The highest BCUT2D eigenvalue weighted by Crippen LogP contribution is 2.28. The Morgan fingerprint density at radius 2 is 2.19 bits per heavy atom. The van der Waals surface area contributed by atoms with Crippen LogP contribution in [0.1, 0.15) is 11.1 Å². The Morgan fingerprint density at radius 1 is 1.38 bits per heavy atom. The molecule has 0 saturated heterocycles. The van der Waals surface area contributed by atoms with Gasteiger partial charge in [0.1, 0.15) is 17.3 Å². The van der Waals surface area contributed by atoms with Crippen molar-refractivity contribution in [3.05, 3.63) is 59.3 Å². The van der Waals surface area contributed by atoms with E-state index in [2.05, 4.69) is 22.7 Å². The Hall–Kier alpha value is -2.71. The second-order valence-corrected chi connectivity index (χ2v) is 4.75. The van der Waals surface area contributed by atoms with Crippen LogP contribution in [0.2, 0.25) is 5.02 Å². The zero-order valence-corrected chi connectivity index (χ0v) is 11.5. The van der Waals surface area contributed by atoms with Crippen molar-refractivity contribution in [2.24, 2.45) is 0 Å². The second kappa shape index (κ2) is 5.00. The lowest BCUT2D eigenvalue weighted by Crippen LogP contribution is -2.00. The van der Waals surface area contributed by atoms with Gasteiger partial charge in [0.2, 0.25) is 0 Å². The molecule has 6 heteroatoms. The number of pyridine rings is 1. The summed E-state index contributed by atoms with van der Waals surface area (Å²) in [5.41, 5.74) is 1.64. The van der Waals surface area contributed by atoms with Crippen LogP contribution in [0, 0.1) is 17.1 Å². The van der Waals surface area contributed by atoms with E-state index >= 15 is 0 Å². The van der Waals surface area contributed by atoms with Crippen LogP contribution in [-0.2, 0) is 0 Å². The Labute approximate surface area is 124 Å².